The molecule has 33 heavy (non-hydrogen) atoms. The Balaban J connectivity index is 1.60. The summed E-state index contributed by atoms with van der Waals surface area (Å²) in [6.45, 7) is 0.559. The number of carbonyl (C=O) groups excluding carboxylic acids is 2. The molecule has 0 spiro atoms. The van der Waals surface area contributed by atoms with Gasteiger partial charge in [0.05, 0.1) is 28.2 Å². The molecule has 1 aliphatic carbocycles. The number of ether oxygens (including phenoxy) is 1. The standard InChI is InChI=1S/C23H26N4O5S/c1-32-11-10-25(23(29)16-5-2-6-16)15-22(28)26-20(14-19(24-26)21-9-4-12-33-21)17-7-3-8-18(13-17)27(30)31/h3-4,7-9,12-13,16,20H,2,5-6,10-11,14-15H2,1H3/t20-/m1/s1. The Bertz CT molecular complexity index is 1050. The van der Waals surface area contributed by atoms with Gasteiger partial charge in [-0.15, -0.1) is 11.3 Å². The molecule has 1 aromatic carbocycles. The van der Waals surface area contributed by atoms with Crippen molar-refractivity contribution in [3.8, 4) is 0 Å². The Morgan fingerprint density at radius 2 is 2.12 bits per heavy atom. The number of hydrogen-bond donors (Lipinski definition) is 0. The van der Waals surface area contributed by atoms with Gasteiger partial charge in [0.25, 0.3) is 11.6 Å². The Morgan fingerprint density at radius 1 is 1.30 bits per heavy atom. The molecule has 1 saturated carbocycles. The number of thiophene rings is 1. The van der Waals surface area contributed by atoms with E-state index in [1.54, 1.807) is 24.1 Å². The molecule has 10 heteroatoms. The van der Waals surface area contributed by atoms with Gasteiger partial charge in [-0.05, 0) is 29.9 Å². The number of nitro benzene ring substituents is 1. The van der Waals surface area contributed by atoms with Crippen LogP contribution in [0.3, 0.4) is 0 Å². The van der Waals surface area contributed by atoms with Crippen LogP contribution in [0.2, 0.25) is 0 Å². The fraction of sp³-hybridized carbons (Fsp3) is 0.435. The van der Waals surface area contributed by atoms with Gasteiger partial charge in [-0.25, -0.2) is 5.01 Å². The van der Waals surface area contributed by atoms with E-state index in [1.807, 2.05) is 17.5 Å². The molecule has 0 saturated heterocycles. The van der Waals surface area contributed by atoms with Gasteiger partial charge in [0.1, 0.15) is 6.54 Å². The van der Waals surface area contributed by atoms with Gasteiger partial charge in [0.15, 0.2) is 0 Å². The molecular weight excluding hydrogens is 444 g/mol. The summed E-state index contributed by atoms with van der Waals surface area (Å²) in [4.78, 5) is 39.7. The van der Waals surface area contributed by atoms with Crippen LogP contribution in [-0.4, -0.2) is 59.2 Å². The van der Waals surface area contributed by atoms with Crippen molar-refractivity contribution in [2.45, 2.75) is 31.7 Å². The normalized spacial score (nSPS) is 18.0. The topological polar surface area (TPSA) is 105 Å². The average molecular weight is 471 g/mol. The number of methoxy groups -OCH3 is 1. The molecule has 1 atom stereocenters. The molecule has 0 unspecified atom stereocenters. The van der Waals surface area contributed by atoms with E-state index in [9.17, 15) is 19.7 Å². The van der Waals surface area contributed by atoms with Gasteiger partial charge in [-0.2, -0.15) is 5.10 Å². The first kappa shape index (κ1) is 23.1. The smallest absolute Gasteiger partial charge is 0.269 e. The highest BCUT2D eigenvalue weighted by Crippen LogP contribution is 2.35. The van der Waals surface area contributed by atoms with Crippen LogP contribution in [0.25, 0.3) is 0 Å². The maximum Gasteiger partial charge on any atom is 0.269 e. The van der Waals surface area contributed by atoms with Crippen LogP contribution in [0, 0.1) is 16.0 Å². The molecule has 1 aliphatic heterocycles. The molecule has 1 aromatic heterocycles. The zero-order chi connectivity index (χ0) is 23.4. The number of non-ortho nitro benzene ring substituents is 1. The summed E-state index contributed by atoms with van der Waals surface area (Å²) in [5, 5.41) is 19.2. The van der Waals surface area contributed by atoms with Crippen LogP contribution in [0.4, 0.5) is 5.69 Å². The molecule has 0 bridgehead atoms. The van der Waals surface area contributed by atoms with E-state index in [0.717, 1.165) is 29.9 Å². The van der Waals surface area contributed by atoms with Gasteiger partial charge in [0.2, 0.25) is 5.91 Å². The first-order valence-electron chi connectivity index (χ1n) is 10.9. The van der Waals surface area contributed by atoms with E-state index in [2.05, 4.69) is 5.10 Å². The molecule has 0 N–H and O–H groups in total. The van der Waals surface area contributed by atoms with Crippen molar-refractivity contribution in [1.82, 2.24) is 9.91 Å². The summed E-state index contributed by atoms with van der Waals surface area (Å²) in [6.07, 6.45) is 3.16. The average Bonchev–Trinajstić information content (AvgIpc) is 3.45. The van der Waals surface area contributed by atoms with Crippen molar-refractivity contribution < 1.29 is 19.2 Å². The Labute approximate surface area is 195 Å². The molecular formula is C23H26N4O5S. The zero-order valence-corrected chi connectivity index (χ0v) is 19.2. The van der Waals surface area contributed by atoms with Gasteiger partial charge >= 0.3 is 0 Å². The van der Waals surface area contributed by atoms with E-state index in [4.69, 9.17) is 4.74 Å². The largest absolute Gasteiger partial charge is 0.383 e. The third-order valence-electron chi connectivity index (χ3n) is 6.09. The molecule has 2 amide bonds. The summed E-state index contributed by atoms with van der Waals surface area (Å²) in [6, 6.07) is 9.68. The van der Waals surface area contributed by atoms with E-state index in [0.29, 0.717) is 25.1 Å². The zero-order valence-electron chi connectivity index (χ0n) is 18.4. The van der Waals surface area contributed by atoms with Gasteiger partial charge < -0.3 is 9.64 Å². The Kier molecular flexibility index (Phi) is 7.14. The first-order chi connectivity index (χ1) is 16.0. The summed E-state index contributed by atoms with van der Waals surface area (Å²) < 4.78 is 5.14. The number of amides is 2. The summed E-state index contributed by atoms with van der Waals surface area (Å²) >= 11 is 1.53. The molecule has 0 radical (unpaired) electrons. The number of benzene rings is 1. The van der Waals surface area contributed by atoms with Crippen LogP contribution in [0.15, 0.2) is 46.9 Å². The minimum absolute atomic E-state index is 0.0276. The maximum atomic E-state index is 13.4. The third-order valence-corrected chi connectivity index (χ3v) is 7.01. The number of nitro groups is 1. The lowest BCUT2D eigenvalue weighted by molar-refractivity contribution is -0.385. The van der Waals surface area contributed by atoms with E-state index in [1.165, 1.54) is 28.5 Å². The van der Waals surface area contributed by atoms with Crippen LogP contribution >= 0.6 is 11.3 Å². The monoisotopic (exact) mass is 470 g/mol. The molecule has 174 valence electrons. The molecule has 1 fully saturated rings. The third kappa shape index (κ3) is 5.12. The summed E-state index contributed by atoms with van der Waals surface area (Å²) in [5.41, 5.74) is 1.36. The van der Waals surface area contributed by atoms with Gasteiger partial charge in [-0.1, -0.05) is 24.6 Å². The minimum Gasteiger partial charge on any atom is -0.383 e. The van der Waals surface area contributed by atoms with Gasteiger partial charge in [-0.3, -0.25) is 19.7 Å². The quantitative estimate of drug-likeness (QED) is 0.411. The van der Waals surface area contributed by atoms with Crippen molar-refractivity contribution >= 4 is 34.6 Å². The van der Waals surface area contributed by atoms with Crippen molar-refractivity contribution in [2.24, 2.45) is 11.0 Å². The molecule has 9 nitrogen and oxygen atoms in total. The van der Waals surface area contributed by atoms with E-state index < -0.39 is 11.0 Å². The highest BCUT2D eigenvalue weighted by atomic mass is 32.1. The van der Waals surface area contributed by atoms with E-state index in [-0.39, 0.29) is 30.0 Å². The SMILES string of the molecule is COCCN(CC(=O)N1N=C(c2cccs2)C[C@@H]1c1cccc([N+](=O)[O-])c1)C(=O)C1CCC1. The minimum atomic E-state index is -0.474. The number of hydrogen-bond acceptors (Lipinski definition) is 7. The lowest BCUT2D eigenvalue weighted by Crippen LogP contribution is -2.46. The first-order valence-corrected chi connectivity index (χ1v) is 11.8. The summed E-state index contributed by atoms with van der Waals surface area (Å²) in [5.74, 6) is -0.381. The highest BCUT2D eigenvalue weighted by Gasteiger charge is 2.36. The molecule has 2 aromatic rings. The molecule has 2 heterocycles. The number of carbonyl (C=O) groups is 2. The second-order valence-corrected chi connectivity index (χ2v) is 9.16. The lowest BCUT2D eigenvalue weighted by Gasteiger charge is -2.32. The Morgan fingerprint density at radius 3 is 2.76 bits per heavy atom. The molecule has 4 rings (SSSR count). The van der Waals surface area contributed by atoms with E-state index >= 15 is 0 Å². The van der Waals surface area contributed by atoms with Crippen molar-refractivity contribution in [2.75, 3.05) is 26.8 Å². The van der Waals surface area contributed by atoms with Crippen LogP contribution in [-0.2, 0) is 14.3 Å². The maximum absolute atomic E-state index is 13.4. The predicted octanol–water partition coefficient (Wildman–Crippen LogP) is 3.61. The van der Waals surface area contributed by atoms with Crippen molar-refractivity contribution in [1.29, 1.82) is 0 Å². The fourth-order valence-electron chi connectivity index (χ4n) is 4.05. The van der Waals surface area contributed by atoms with Crippen molar-refractivity contribution in [3.05, 3.63) is 62.3 Å². The second kappa shape index (κ2) is 10.2. The fourth-order valence-corrected chi connectivity index (χ4v) is 4.78. The predicted molar refractivity (Wildman–Crippen MR) is 124 cm³/mol. The van der Waals surface area contributed by atoms with Crippen LogP contribution < -0.4 is 0 Å². The summed E-state index contributed by atoms with van der Waals surface area (Å²) in [7, 11) is 1.56. The highest BCUT2D eigenvalue weighted by molar-refractivity contribution is 7.12. The molecule has 2 aliphatic rings. The van der Waals surface area contributed by atoms with Crippen LogP contribution in [0.5, 0.6) is 0 Å². The second-order valence-electron chi connectivity index (χ2n) is 8.21. The lowest BCUT2D eigenvalue weighted by atomic mass is 9.84. The number of rotatable bonds is 9. The van der Waals surface area contributed by atoms with Crippen molar-refractivity contribution in [3.63, 3.8) is 0 Å². The van der Waals surface area contributed by atoms with Gasteiger partial charge in [0, 0.05) is 38.1 Å². The van der Waals surface area contributed by atoms with Crippen LogP contribution in [0.1, 0.15) is 42.2 Å². The Hall–Kier alpha value is -3.11. The number of nitrogens with zero attached hydrogens (tertiary/aromatic N) is 4. The number of hydrazone groups is 1.